The first kappa shape index (κ1) is 23.9. The molecular weight excluding hydrogens is 339 g/mol. The van der Waals surface area contributed by atoms with Crippen LogP contribution in [0, 0.1) is 0 Å². The van der Waals surface area contributed by atoms with E-state index in [0.29, 0.717) is 17.8 Å². The van der Waals surface area contributed by atoms with Crippen LogP contribution in [0.5, 0.6) is 0 Å². The highest BCUT2D eigenvalue weighted by Crippen LogP contribution is 2.10. The maximum Gasteiger partial charge on any atom is 0.251 e. The highest BCUT2D eigenvalue weighted by atomic mass is 35.5. The van der Waals surface area contributed by atoms with Gasteiger partial charge in [-0.3, -0.25) is 9.59 Å². The summed E-state index contributed by atoms with van der Waals surface area (Å²) in [6, 6.07) is 6.80. The Bertz CT molecular complexity index is 482. The van der Waals surface area contributed by atoms with Crippen LogP contribution in [0.25, 0.3) is 0 Å². The summed E-state index contributed by atoms with van der Waals surface area (Å²) in [4.78, 5) is 25.5. The molecule has 23 heavy (non-hydrogen) atoms. The lowest BCUT2D eigenvalue weighted by molar-refractivity contribution is -0.114. The van der Waals surface area contributed by atoms with E-state index >= 15 is 0 Å². The number of nitrogens with zero attached hydrogens (tertiary/aromatic N) is 1. The molecule has 132 valence electrons. The molecule has 0 aliphatic carbocycles. The van der Waals surface area contributed by atoms with E-state index in [-0.39, 0.29) is 43.2 Å². The lowest BCUT2D eigenvalue weighted by Gasteiger charge is -2.18. The first-order chi connectivity index (χ1) is 10.1. The Morgan fingerprint density at radius 3 is 2.39 bits per heavy atom. The molecule has 6 nitrogen and oxygen atoms in total. The van der Waals surface area contributed by atoms with Gasteiger partial charge in [0.05, 0.1) is 6.54 Å². The molecule has 0 radical (unpaired) electrons. The van der Waals surface area contributed by atoms with Gasteiger partial charge in [-0.15, -0.1) is 24.8 Å². The van der Waals surface area contributed by atoms with E-state index in [9.17, 15) is 9.59 Å². The summed E-state index contributed by atoms with van der Waals surface area (Å²) >= 11 is 0. The fourth-order valence-corrected chi connectivity index (χ4v) is 1.92. The normalized spacial score (nSPS) is 9.57. The van der Waals surface area contributed by atoms with E-state index in [1.165, 1.54) is 0 Å². The predicted octanol–water partition coefficient (Wildman–Crippen LogP) is 1.50. The molecule has 0 aromatic heterocycles. The molecule has 1 aromatic rings. The number of hydrogen-bond donors (Lipinski definition) is 3. The van der Waals surface area contributed by atoms with Crippen LogP contribution in [0.2, 0.25) is 0 Å². The zero-order valence-electron chi connectivity index (χ0n) is 13.5. The molecule has 8 heteroatoms. The van der Waals surface area contributed by atoms with Crippen LogP contribution in [-0.4, -0.2) is 49.4 Å². The highest BCUT2D eigenvalue weighted by molar-refractivity contribution is 5.97. The van der Waals surface area contributed by atoms with E-state index in [1.54, 1.807) is 24.3 Å². The predicted molar refractivity (Wildman–Crippen MR) is 98.7 cm³/mol. The van der Waals surface area contributed by atoms with E-state index in [0.717, 1.165) is 19.6 Å². The number of carbonyl (C=O) groups excluding carboxylic acids is 2. The Kier molecular flexibility index (Phi) is 13.7. The van der Waals surface area contributed by atoms with Gasteiger partial charge in [0.25, 0.3) is 5.91 Å². The van der Waals surface area contributed by atoms with Gasteiger partial charge in [-0.1, -0.05) is 19.9 Å². The third-order valence-corrected chi connectivity index (χ3v) is 3.20. The molecule has 0 bridgehead atoms. The number of amides is 2. The van der Waals surface area contributed by atoms with E-state index in [1.807, 2.05) is 0 Å². The number of likely N-dealkylation sites (N-methyl/N-ethyl adjacent to an activating group) is 1. The zero-order chi connectivity index (χ0) is 15.7. The Morgan fingerprint density at radius 2 is 1.83 bits per heavy atom. The van der Waals surface area contributed by atoms with E-state index < -0.39 is 0 Å². The molecule has 1 aromatic carbocycles. The maximum absolute atomic E-state index is 12.0. The van der Waals surface area contributed by atoms with Gasteiger partial charge in [0, 0.05) is 24.3 Å². The van der Waals surface area contributed by atoms with Crippen molar-refractivity contribution in [3.63, 3.8) is 0 Å². The van der Waals surface area contributed by atoms with E-state index in [4.69, 9.17) is 5.73 Å². The smallest absolute Gasteiger partial charge is 0.251 e. The monoisotopic (exact) mass is 364 g/mol. The molecule has 0 saturated carbocycles. The van der Waals surface area contributed by atoms with Crippen LogP contribution in [0.15, 0.2) is 24.3 Å². The second-order valence-electron chi connectivity index (χ2n) is 4.62. The molecule has 0 aliphatic rings. The summed E-state index contributed by atoms with van der Waals surface area (Å²) in [5.41, 5.74) is 6.33. The Labute approximate surface area is 150 Å². The number of hydrogen-bond acceptors (Lipinski definition) is 4. The molecule has 2 amide bonds. The van der Waals surface area contributed by atoms with Crippen molar-refractivity contribution in [1.29, 1.82) is 0 Å². The minimum atomic E-state index is -0.283. The third-order valence-electron chi connectivity index (χ3n) is 3.20. The summed E-state index contributed by atoms with van der Waals surface area (Å²) in [6.45, 7) is 7.45. The summed E-state index contributed by atoms with van der Waals surface area (Å²) in [7, 11) is 0. The maximum atomic E-state index is 12.0. The van der Waals surface area contributed by atoms with Gasteiger partial charge in [0.2, 0.25) is 5.91 Å². The number of carbonyl (C=O) groups is 2. The summed E-state index contributed by atoms with van der Waals surface area (Å²) in [5, 5.41) is 5.50. The fourth-order valence-electron chi connectivity index (χ4n) is 1.92. The van der Waals surface area contributed by atoms with Crippen molar-refractivity contribution in [1.82, 2.24) is 10.2 Å². The fraction of sp³-hybridized carbons (Fsp3) is 0.467. The van der Waals surface area contributed by atoms with Crippen LogP contribution < -0.4 is 16.4 Å². The van der Waals surface area contributed by atoms with Crippen molar-refractivity contribution in [3.05, 3.63) is 29.8 Å². The second kappa shape index (κ2) is 13.1. The highest BCUT2D eigenvalue weighted by Gasteiger charge is 2.07. The number of halogens is 2. The van der Waals surface area contributed by atoms with Crippen LogP contribution in [-0.2, 0) is 4.79 Å². The molecule has 0 fully saturated rings. The largest absolute Gasteiger partial charge is 0.351 e. The SMILES string of the molecule is CCN(CC)CCNC(=O)c1cccc(NC(=O)CN)c1.Cl.Cl. The summed E-state index contributed by atoms with van der Waals surface area (Å²) < 4.78 is 0. The Hall–Kier alpha value is -1.34. The number of nitrogens with one attached hydrogen (secondary N) is 2. The minimum Gasteiger partial charge on any atom is -0.351 e. The molecule has 0 spiro atoms. The van der Waals surface area contributed by atoms with Crippen molar-refractivity contribution in [2.45, 2.75) is 13.8 Å². The molecule has 0 atom stereocenters. The second-order valence-corrected chi connectivity index (χ2v) is 4.62. The van der Waals surface area contributed by atoms with Crippen molar-refractivity contribution in [3.8, 4) is 0 Å². The Balaban J connectivity index is 0. The van der Waals surface area contributed by atoms with Gasteiger partial charge in [-0.2, -0.15) is 0 Å². The average Bonchev–Trinajstić information content (AvgIpc) is 2.51. The average molecular weight is 365 g/mol. The van der Waals surface area contributed by atoms with Crippen LogP contribution in [0.1, 0.15) is 24.2 Å². The van der Waals surface area contributed by atoms with Gasteiger partial charge in [0.15, 0.2) is 0 Å². The first-order valence-corrected chi connectivity index (χ1v) is 7.21. The molecule has 0 heterocycles. The molecule has 4 N–H and O–H groups in total. The zero-order valence-corrected chi connectivity index (χ0v) is 15.1. The van der Waals surface area contributed by atoms with Crippen molar-refractivity contribution in [2.24, 2.45) is 5.73 Å². The number of anilines is 1. The first-order valence-electron chi connectivity index (χ1n) is 7.21. The van der Waals surface area contributed by atoms with Gasteiger partial charge in [-0.25, -0.2) is 0 Å². The number of benzene rings is 1. The molecule has 1 rings (SSSR count). The lowest BCUT2D eigenvalue weighted by Crippen LogP contribution is -2.34. The summed E-state index contributed by atoms with van der Waals surface area (Å²) in [6.07, 6.45) is 0. The number of nitrogens with two attached hydrogens (primary N) is 1. The van der Waals surface area contributed by atoms with Crippen LogP contribution >= 0.6 is 24.8 Å². The lowest BCUT2D eigenvalue weighted by atomic mass is 10.2. The molecule has 0 saturated heterocycles. The Morgan fingerprint density at radius 1 is 1.17 bits per heavy atom. The topological polar surface area (TPSA) is 87.5 Å². The van der Waals surface area contributed by atoms with Crippen molar-refractivity contribution in [2.75, 3.05) is 38.0 Å². The van der Waals surface area contributed by atoms with Crippen LogP contribution in [0.3, 0.4) is 0 Å². The van der Waals surface area contributed by atoms with Gasteiger partial charge < -0.3 is 21.3 Å². The van der Waals surface area contributed by atoms with Gasteiger partial charge >= 0.3 is 0 Å². The molecule has 0 aliphatic heterocycles. The van der Waals surface area contributed by atoms with Crippen LogP contribution in [0.4, 0.5) is 5.69 Å². The quantitative estimate of drug-likeness (QED) is 0.652. The van der Waals surface area contributed by atoms with E-state index in [2.05, 4.69) is 29.4 Å². The molecular formula is C15H26Cl2N4O2. The summed E-state index contributed by atoms with van der Waals surface area (Å²) in [5.74, 6) is -0.430. The van der Waals surface area contributed by atoms with Crippen molar-refractivity contribution >= 4 is 42.3 Å². The van der Waals surface area contributed by atoms with Gasteiger partial charge in [0.1, 0.15) is 0 Å². The van der Waals surface area contributed by atoms with Crippen molar-refractivity contribution < 1.29 is 9.59 Å². The standard InChI is InChI=1S/C15H24N4O2.2ClH/c1-3-19(4-2)9-8-17-15(21)12-6-5-7-13(10-12)18-14(20)11-16;;/h5-7,10H,3-4,8-9,11,16H2,1-2H3,(H,17,21)(H,18,20);2*1H. The third kappa shape index (κ3) is 8.76. The molecule has 0 unspecified atom stereocenters. The minimum absolute atomic E-state index is 0. The number of rotatable bonds is 8. The van der Waals surface area contributed by atoms with Gasteiger partial charge in [-0.05, 0) is 31.3 Å².